The summed E-state index contributed by atoms with van der Waals surface area (Å²) in [6.45, 7) is 1.49. The maximum absolute atomic E-state index is 11.1. The maximum Gasteiger partial charge on any atom is 0.194 e. The highest BCUT2D eigenvalue weighted by atomic mass is 16.3. The van der Waals surface area contributed by atoms with E-state index < -0.39 is 0 Å². The van der Waals surface area contributed by atoms with Gasteiger partial charge in [0.1, 0.15) is 11.2 Å². The molecular formula is C12H8O3. The number of fused-ring (bicyclic) bond motifs is 2. The van der Waals surface area contributed by atoms with E-state index in [1.807, 2.05) is 12.1 Å². The van der Waals surface area contributed by atoms with Gasteiger partial charge in [0.15, 0.2) is 11.5 Å². The van der Waals surface area contributed by atoms with E-state index in [0.717, 1.165) is 16.4 Å². The van der Waals surface area contributed by atoms with E-state index in [2.05, 4.69) is 0 Å². The largest absolute Gasteiger partial charge is 0.464 e. The van der Waals surface area contributed by atoms with Crippen LogP contribution in [0.5, 0.6) is 0 Å². The van der Waals surface area contributed by atoms with Gasteiger partial charge in [-0.05, 0) is 18.2 Å². The smallest absolute Gasteiger partial charge is 0.194 e. The maximum atomic E-state index is 11.1. The first-order chi connectivity index (χ1) is 7.24. The van der Waals surface area contributed by atoms with Crippen LogP contribution in [0, 0.1) is 0 Å². The van der Waals surface area contributed by atoms with Gasteiger partial charge in [0.25, 0.3) is 0 Å². The van der Waals surface area contributed by atoms with E-state index in [0.29, 0.717) is 11.3 Å². The third-order valence-electron chi connectivity index (χ3n) is 2.44. The average molecular weight is 200 g/mol. The number of carbonyl (C=O) groups excluding carboxylic acids is 1. The molecule has 3 heteroatoms. The van der Waals surface area contributed by atoms with Crippen LogP contribution in [0.15, 0.2) is 39.4 Å². The van der Waals surface area contributed by atoms with Crippen molar-refractivity contribution in [3.8, 4) is 0 Å². The van der Waals surface area contributed by atoms with Crippen molar-refractivity contribution in [2.75, 3.05) is 0 Å². The quantitative estimate of drug-likeness (QED) is 0.565. The highest BCUT2D eigenvalue weighted by molar-refractivity contribution is 5.99. The van der Waals surface area contributed by atoms with Crippen molar-refractivity contribution >= 4 is 27.7 Å². The number of benzene rings is 1. The van der Waals surface area contributed by atoms with Crippen LogP contribution >= 0.6 is 0 Å². The second kappa shape index (κ2) is 2.73. The van der Waals surface area contributed by atoms with Crippen LogP contribution in [0.3, 0.4) is 0 Å². The summed E-state index contributed by atoms with van der Waals surface area (Å²) in [4.78, 5) is 11.1. The Bertz CT molecular complexity index is 610. The van der Waals surface area contributed by atoms with Gasteiger partial charge in [-0.3, -0.25) is 4.79 Å². The predicted octanol–water partition coefficient (Wildman–Crippen LogP) is 3.38. The molecule has 15 heavy (non-hydrogen) atoms. The molecule has 0 aliphatic heterocycles. The molecule has 0 aliphatic carbocycles. The van der Waals surface area contributed by atoms with Gasteiger partial charge in [-0.15, -0.1) is 0 Å². The summed E-state index contributed by atoms with van der Waals surface area (Å²) in [5, 5.41) is 1.94. The molecule has 0 saturated heterocycles. The Hall–Kier alpha value is -2.03. The lowest BCUT2D eigenvalue weighted by Crippen LogP contribution is -1.85. The molecular weight excluding hydrogens is 192 g/mol. The number of rotatable bonds is 1. The summed E-state index contributed by atoms with van der Waals surface area (Å²) in [7, 11) is 0. The standard InChI is InChI=1S/C12H8O3/c1-7(13)10-5-9-4-8-2-3-14-11(8)6-12(9)15-10/h2-6H,1H3. The van der Waals surface area contributed by atoms with Gasteiger partial charge in [-0.1, -0.05) is 0 Å². The second-order valence-electron chi connectivity index (χ2n) is 3.52. The third-order valence-corrected chi connectivity index (χ3v) is 2.44. The van der Waals surface area contributed by atoms with Crippen LogP contribution < -0.4 is 0 Å². The molecule has 74 valence electrons. The summed E-state index contributed by atoms with van der Waals surface area (Å²) in [5.41, 5.74) is 1.45. The Morgan fingerprint density at radius 1 is 1.13 bits per heavy atom. The van der Waals surface area contributed by atoms with Crippen LogP contribution in [-0.4, -0.2) is 5.78 Å². The summed E-state index contributed by atoms with van der Waals surface area (Å²) >= 11 is 0. The van der Waals surface area contributed by atoms with Gasteiger partial charge in [-0.25, -0.2) is 0 Å². The van der Waals surface area contributed by atoms with E-state index in [9.17, 15) is 4.79 Å². The van der Waals surface area contributed by atoms with Crippen molar-refractivity contribution in [2.24, 2.45) is 0 Å². The second-order valence-corrected chi connectivity index (χ2v) is 3.52. The van der Waals surface area contributed by atoms with Gasteiger partial charge in [0.05, 0.1) is 6.26 Å². The minimum Gasteiger partial charge on any atom is -0.464 e. The van der Waals surface area contributed by atoms with Gasteiger partial charge in [0, 0.05) is 23.8 Å². The van der Waals surface area contributed by atoms with Gasteiger partial charge < -0.3 is 8.83 Å². The van der Waals surface area contributed by atoms with Crippen molar-refractivity contribution in [1.82, 2.24) is 0 Å². The molecule has 0 unspecified atom stereocenters. The Kier molecular flexibility index (Phi) is 1.51. The number of Topliss-reactive ketones (excluding diaryl/α,β-unsaturated/α-hetero) is 1. The van der Waals surface area contributed by atoms with E-state index in [4.69, 9.17) is 8.83 Å². The summed E-state index contributed by atoms with van der Waals surface area (Å²) in [5.74, 6) is 0.320. The number of hydrogen-bond donors (Lipinski definition) is 0. The van der Waals surface area contributed by atoms with Crippen LogP contribution in [0.4, 0.5) is 0 Å². The molecule has 0 radical (unpaired) electrons. The zero-order chi connectivity index (χ0) is 10.4. The minimum absolute atomic E-state index is 0.0668. The number of furan rings is 2. The number of hydrogen-bond acceptors (Lipinski definition) is 3. The molecule has 0 spiro atoms. The summed E-state index contributed by atoms with van der Waals surface area (Å²) in [6, 6.07) is 7.39. The molecule has 0 amide bonds. The third kappa shape index (κ3) is 1.16. The molecule has 2 aromatic heterocycles. The highest BCUT2D eigenvalue weighted by Crippen LogP contribution is 2.26. The van der Waals surface area contributed by atoms with Gasteiger partial charge >= 0.3 is 0 Å². The normalized spacial score (nSPS) is 11.3. The van der Waals surface area contributed by atoms with E-state index in [-0.39, 0.29) is 5.78 Å². The van der Waals surface area contributed by atoms with Crippen molar-refractivity contribution in [3.63, 3.8) is 0 Å². The molecule has 0 N–H and O–H groups in total. The van der Waals surface area contributed by atoms with Crippen LogP contribution in [0.25, 0.3) is 21.9 Å². The molecule has 0 aliphatic rings. The average Bonchev–Trinajstić information content (AvgIpc) is 2.77. The molecule has 3 nitrogen and oxygen atoms in total. The van der Waals surface area contributed by atoms with Gasteiger partial charge in [-0.2, -0.15) is 0 Å². The first-order valence-electron chi connectivity index (χ1n) is 4.66. The molecule has 3 rings (SSSR count). The fourth-order valence-corrected chi connectivity index (χ4v) is 1.67. The Morgan fingerprint density at radius 3 is 2.80 bits per heavy atom. The van der Waals surface area contributed by atoms with Crippen molar-refractivity contribution in [3.05, 3.63) is 36.3 Å². The molecule has 1 aromatic carbocycles. The molecule has 0 atom stereocenters. The van der Waals surface area contributed by atoms with Gasteiger partial charge in [0.2, 0.25) is 0 Å². The Morgan fingerprint density at radius 2 is 2.00 bits per heavy atom. The number of carbonyl (C=O) groups is 1. The first kappa shape index (κ1) is 8.29. The van der Waals surface area contributed by atoms with Crippen LogP contribution in [0.1, 0.15) is 17.5 Å². The Balaban J connectivity index is 2.38. The molecule has 0 saturated carbocycles. The minimum atomic E-state index is -0.0668. The lowest BCUT2D eigenvalue weighted by molar-refractivity contribution is 0.0989. The van der Waals surface area contributed by atoms with Crippen LogP contribution in [-0.2, 0) is 0 Å². The SMILES string of the molecule is CC(=O)c1cc2cc3ccoc3cc2o1. The zero-order valence-electron chi connectivity index (χ0n) is 8.11. The topological polar surface area (TPSA) is 43.4 Å². The predicted molar refractivity (Wildman–Crippen MR) is 56.0 cm³/mol. The van der Waals surface area contributed by atoms with E-state index >= 15 is 0 Å². The summed E-state index contributed by atoms with van der Waals surface area (Å²) < 4.78 is 10.6. The molecule has 3 aromatic rings. The lowest BCUT2D eigenvalue weighted by Gasteiger charge is -1.88. The fourth-order valence-electron chi connectivity index (χ4n) is 1.67. The number of ketones is 1. The van der Waals surface area contributed by atoms with Crippen molar-refractivity contribution in [1.29, 1.82) is 0 Å². The molecule has 0 fully saturated rings. The first-order valence-corrected chi connectivity index (χ1v) is 4.66. The Labute approximate surface area is 85.3 Å². The van der Waals surface area contributed by atoms with Crippen molar-refractivity contribution < 1.29 is 13.6 Å². The van der Waals surface area contributed by atoms with Crippen molar-refractivity contribution in [2.45, 2.75) is 6.92 Å². The highest BCUT2D eigenvalue weighted by Gasteiger charge is 2.09. The monoisotopic (exact) mass is 200 g/mol. The molecule has 0 bridgehead atoms. The summed E-state index contributed by atoms with van der Waals surface area (Å²) in [6.07, 6.45) is 1.63. The molecule has 2 heterocycles. The fraction of sp³-hybridized carbons (Fsp3) is 0.0833. The van der Waals surface area contributed by atoms with Crippen LogP contribution in [0.2, 0.25) is 0 Å². The zero-order valence-corrected chi connectivity index (χ0v) is 8.11. The van der Waals surface area contributed by atoms with E-state index in [1.165, 1.54) is 6.92 Å². The lowest BCUT2D eigenvalue weighted by atomic mass is 10.2. The van der Waals surface area contributed by atoms with E-state index in [1.54, 1.807) is 18.4 Å².